The molecule has 0 aromatic heterocycles. The van der Waals surface area contributed by atoms with Crippen LogP contribution in [0.1, 0.15) is 15.9 Å². The summed E-state index contributed by atoms with van der Waals surface area (Å²) >= 11 is 3.35. The number of phenolic OH excluding ortho intramolecular Hbond substituents is 2. The van der Waals surface area contributed by atoms with Crippen LogP contribution < -0.4 is 5.32 Å². The number of aryl methyl sites for hydroxylation is 1. The first kappa shape index (κ1) is 13.4. The molecule has 2 aromatic carbocycles. The van der Waals surface area contributed by atoms with E-state index in [1.807, 2.05) is 25.1 Å². The quantitative estimate of drug-likeness (QED) is 0.742. The Labute approximate surface area is 118 Å². The van der Waals surface area contributed by atoms with Crippen LogP contribution in [0, 0.1) is 6.92 Å². The van der Waals surface area contributed by atoms with Crippen molar-refractivity contribution in [2.75, 3.05) is 5.32 Å². The molecule has 4 nitrogen and oxygen atoms in total. The summed E-state index contributed by atoms with van der Waals surface area (Å²) in [6, 6.07) is 9.53. The highest BCUT2D eigenvalue weighted by Crippen LogP contribution is 2.27. The standard InChI is InChI=1S/C14H12BrNO3/c1-8-2-4-10(15)11(6-8)16-14(19)9-3-5-12(17)13(18)7-9/h2-7,17-18H,1H3,(H,16,19). The van der Waals surface area contributed by atoms with Crippen molar-refractivity contribution in [1.29, 1.82) is 0 Å². The molecule has 1 amide bonds. The Balaban J connectivity index is 2.25. The largest absolute Gasteiger partial charge is 0.504 e. The topological polar surface area (TPSA) is 69.6 Å². The number of amides is 1. The molecule has 0 aliphatic rings. The molecule has 0 atom stereocenters. The SMILES string of the molecule is Cc1ccc(Br)c(NC(=O)c2ccc(O)c(O)c2)c1. The van der Waals surface area contributed by atoms with Gasteiger partial charge in [-0.1, -0.05) is 6.07 Å². The molecule has 0 saturated heterocycles. The highest BCUT2D eigenvalue weighted by Gasteiger charge is 2.10. The minimum absolute atomic E-state index is 0.256. The van der Waals surface area contributed by atoms with Crippen molar-refractivity contribution in [3.05, 3.63) is 52.0 Å². The maximum Gasteiger partial charge on any atom is 0.255 e. The van der Waals surface area contributed by atoms with Crippen molar-refractivity contribution in [2.24, 2.45) is 0 Å². The van der Waals surface area contributed by atoms with E-state index in [4.69, 9.17) is 0 Å². The van der Waals surface area contributed by atoms with Crippen LogP contribution >= 0.6 is 15.9 Å². The fourth-order valence-electron chi connectivity index (χ4n) is 1.59. The summed E-state index contributed by atoms with van der Waals surface area (Å²) < 4.78 is 0.773. The lowest BCUT2D eigenvalue weighted by Gasteiger charge is -2.09. The second-order valence-corrected chi connectivity index (χ2v) is 5.00. The summed E-state index contributed by atoms with van der Waals surface area (Å²) in [5.74, 6) is -0.939. The highest BCUT2D eigenvalue weighted by molar-refractivity contribution is 9.10. The minimum Gasteiger partial charge on any atom is -0.504 e. The number of rotatable bonds is 2. The first-order chi connectivity index (χ1) is 8.97. The van der Waals surface area contributed by atoms with E-state index < -0.39 is 0 Å². The number of halogens is 1. The Kier molecular flexibility index (Phi) is 3.76. The Hall–Kier alpha value is -2.01. The first-order valence-corrected chi connectivity index (χ1v) is 6.36. The van der Waals surface area contributed by atoms with E-state index in [-0.39, 0.29) is 23.0 Å². The molecule has 0 aliphatic heterocycles. The third-order valence-corrected chi connectivity index (χ3v) is 3.30. The van der Waals surface area contributed by atoms with Crippen LogP contribution in [-0.2, 0) is 0 Å². The van der Waals surface area contributed by atoms with E-state index in [0.29, 0.717) is 5.69 Å². The van der Waals surface area contributed by atoms with Crippen molar-refractivity contribution in [3.63, 3.8) is 0 Å². The molecule has 2 aromatic rings. The number of hydrogen-bond acceptors (Lipinski definition) is 3. The van der Waals surface area contributed by atoms with Crippen molar-refractivity contribution in [3.8, 4) is 11.5 Å². The number of hydrogen-bond donors (Lipinski definition) is 3. The zero-order chi connectivity index (χ0) is 14.0. The molecule has 0 heterocycles. The maximum atomic E-state index is 12.0. The predicted octanol–water partition coefficient (Wildman–Crippen LogP) is 3.42. The lowest BCUT2D eigenvalue weighted by Crippen LogP contribution is -2.12. The molecule has 0 aliphatic carbocycles. The molecule has 0 bridgehead atoms. The Morgan fingerprint density at radius 1 is 1.11 bits per heavy atom. The lowest BCUT2D eigenvalue weighted by molar-refractivity contribution is 0.102. The Morgan fingerprint density at radius 3 is 2.53 bits per heavy atom. The van der Waals surface area contributed by atoms with Gasteiger partial charge < -0.3 is 15.5 Å². The molecule has 19 heavy (non-hydrogen) atoms. The average molecular weight is 322 g/mol. The van der Waals surface area contributed by atoms with Gasteiger partial charge in [-0.05, 0) is 58.7 Å². The molecule has 0 radical (unpaired) electrons. The molecular weight excluding hydrogens is 310 g/mol. The summed E-state index contributed by atoms with van der Waals surface area (Å²) in [6.07, 6.45) is 0. The molecule has 0 fully saturated rings. The summed E-state index contributed by atoms with van der Waals surface area (Å²) in [5.41, 5.74) is 1.94. The van der Waals surface area contributed by atoms with Gasteiger partial charge >= 0.3 is 0 Å². The minimum atomic E-state index is -0.360. The summed E-state index contributed by atoms with van der Waals surface area (Å²) in [6.45, 7) is 1.93. The fourth-order valence-corrected chi connectivity index (χ4v) is 1.94. The van der Waals surface area contributed by atoms with Gasteiger partial charge in [0.05, 0.1) is 5.69 Å². The average Bonchev–Trinajstić information content (AvgIpc) is 2.37. The first-order valence-electron chi connectivity index (χ1n) is 5.57. The molecule has 0 spiro atoms. The number of nitrogens with one attached hydrogen (secondary N) is 1. The van der Waals surface area contributed by atoms with Crippen molar-refractivity contribution in [1.82, 2.24) is 0 Å². The molecule has 98 valence electrons. The maximum absolute atomic E-state index is 12.0. The van der Waals surface area contributed by atoms with Crippen molar-refractivity contribution < 1.29 is 15.0 Å². The van der Waals surface area contributed by atoms with Crippen LogP contribution in [0.25, 0.3) is 0 Å². The highest BCUT2D eigenvalue weighted by atomic mass is 79.9. The number of aromatic hydroxyl groups is 2. The van der Waals surface area contributed by atoms with Gasteiger partial charge in [0.15, 0.2) is 11.5 Å². The van der Waals surface area contributed by atoms with E-state index in [1.165, 1.54) is 18.2 Å². The summed E-state index contributed by atoms with van der Waals surface area (Å²) in [7, 11) is 0. The van der Waals surface area contributed by atoms with Gasteiger partial charge in [-0.3, -0.25) is 4.79 Å². The molecule has 2 rings (SSSR count). The van der Waals surface area contributed by atoms with Gasteiger partial charge in [0, 0.05) is 10.0 Å². The van der Waals surface area contributed by atoms with Crippen LogP contribution in [0.4, 0.5) is 5.69 Å². The number of benzene rings is 2. The van der Waals surface area contributed by atoms with E-state index in [0.717, 1.165) is 10.0 Å². The predicted molar refractivity (Wildman–Crippen MR) is 76.6 cm³/mol. The third kappa shape index (κ3) is 3.06. The van der Waals surface area contributed by atoms with Crippen LogP contribution in [0.15, 0.2) is 40.9 Å². The Morgan fingerprint density at radius 2 is 1.84 bits per heavy atom. The van der Waals surface area contributed by atoms with Gasteiger partial charge in [-0.15, -0.1) is 0 Å². The van der Waals surface area contributed by atoms with Gasteiger partial charge in [-0.2, -0.15) is 0 Å². The van der Waals surface area contributed by atoms with Gasteiger partial charge in [0.2, 0.25) is 0 Å². The fraction of sp³-hybridized carbons (Fsp3) is 0.0714. The van der Waals surface area contributed by atoms with Crippen LogP contribution in [-0.4, -0.2) is 16.1 Å². The zero-order valence-electron chi connectivity index (χ0n) is 10.1. The van der Waals surface area contributed by atoms with Crippen molar-refractivity contribution in [2.45, 2.75) is 6.92 Å². The zero-order valence-corrected chi connectivity index (χ0v) is 11.7. The van der Waals surface area contributed by atoms with E-state index >= 15 is 0 Å². The van der Waals surface area contributed by atoms with Gasteiger partial charge in [-0.25, -0.2) is 0 Å². The molecule has 5 heteroatoms. The van der Waals surface area contributed by atoms with Crippen LogP contribution in [0.5, 0.6) is 11.5 Å². The summed E-state index contributed by atoms with van der Waals surface area (Å²) in [4.78, 5) is 12.0. The molecular formula is C14H12BrNO3. The Bertz CT molecular complexity index is 641. The smallest absolute Gasteiger partial charge is 0.255 e. The number of anilines is 1. The van der Waals surface area contributed by atoms with Crippen molar-refractivity contribution >= 4 is 27.5 Å². The number of phenols is 2. The van der Waals surface area contributed by atoms with E-state index in [1.54, 1.807) is 0 Å². The van der Waals surface area contributed by atoms with Crippen LogP contribution in [0.3, 0.4) is 0 Å². The van der Waals surface area contributed by atoms with Gasteiger partial charge in [0.1, 0.15) is 0 Å². The number of carbonyl (C=O) groups excluding carboxylic acids is 1. The monoisotopic (exact) mass is 321 g/mol. The summed E-state index contributed by atoms with van der Waals surface area (Å²) in [5, 5.41) is 21.3. The van der Waals surface area contributed by atoms with Crippen LogP contribution in [0.2, 0.25) is 0 Å². The second-order valence-electron chi connectivity index (χ2n) is 4.14. The number of carbonyl (C=O) groups is 1. The van der Waals surface area contributed by atoms with Gasteiger partial charge in [0.25, 0.3) is 5.91 Å². The molecule has 0 unspecified atom stereocenters. The normalized spacial score (nSPS) is 10.2. The van der Waals surface area contributed by atoms with E-state index in [9.17, 15) is 15.0 Å². The second kappa shape index (κ2) is 5.32. The molecule has 3 N–H and O–H groups in total. The lowest BCUT2D eigenvalue weighted by atomic mass is 10.1. The molecule has 0 saturated carbocycles. The van der Waals surface area contributed by atoms with E-state index in [2.05, 4.69) is 21.2 Å². The third-order valence-electron chi connectivity index (χ3n) is 2.61.